The second kappa shape index (κ2) is 5.10. The van der Waals surface area contributed by atoms with E-state index in [2.05, 4.69) is 52.1 Å². The summed E-state index contributed by atoms with van der Waals surface area (Å²) in [6, 6.07) is 8.62. The minimum absolute atomic E-state index is 0.359. The normalized spacial score (nSPS) is 22.2. The van der Waals surface area contributed by atoms with Gasteiger partial charge in [0, 0.05) is 11.1 Å². The molecule has 0 radical (unpaired) electrons. The summed E-state index contributed by atoms with van der Waals surface area (Å²) in [6.07, 6.45) is 1.15. The molecule has 0 saturated heterocycles. The van der Waals surface area contributed by atoms with Crippen molar-refractivity contribution in [1.82, 2.24) is 5.32 Å². The van der Waals surface area contributed by atoms with E-state index in [1.54, 1.807) is 0 Å². The molecule has 1 aliphatic rings. The Bertz CT molecular complexity index is 436. The van der Waals surface area contributed by atoms with E-state index in [-0.39, 0.29) is 0 Å². The molecule has 2 rings (SSSR count). The first-order valence-corrected chi connectivity index (χ1v) is 7.69. The third kappa shape index (κ3) is 2.43. The van der Waals surface area contributed by atoms with Crippen molar-refractivity contribution in [2.24, 2.45) is 16.7 Å². The Hall–Kier alpha value is -0.530. The van der Waals surface area contributed by atoms with Gasteiger partial charge in [-0.25, -0.2) is 0 Å². The predicted molar refractivity (Wildman–Crippen MR) is 83.5 cm³/mol. The number of halogens is 1. The first-order valence-electron chi connectivity index (χ1n) is 7.32. The zero-order valence-corrected chi connectivity index (χ0v) is 13.5. The first kappa shape index (κ1) is 14.9. The maximum atomic E-state index is 6.42. The van der Waals surface area contributed by atoms with Crippen molar-refractivity contribution < 1.29 is 0 Å². The van der Waals surface area contributed by atoms with Gasteiger partial charge in [0.2, 0.25) is 0 Å². The quantitative estimate of drug-likeness (QED) is 0.794. The third-order valence-electron chi connectivity index (χ3n) is 5.32. The molecule has 1 unspecified atom stereocenters. The lowest BCUT2D eigenvalue weighted by molar-refractivity contribution is 0.410. The average molecular weight is 280 g/mol. The summed E-state index contributed by atoms with van der Waals surface area (Å²) < 4.78 is 0. The molecule has 1 nitrogen and oxygen atoms in total. The molecule has 1 aromatic rings. The molecule has 0 bridgehead atoms. The van der Waals surface area contributed by atoms with Crippen LogP contribution in [0.2, 0.25) is 5.02 Å². The van der Waals surface area contributed by atoms with Crippen molar-refractivity contribution in [3.05, 3.63) is 34.9 Å². The van der Waals surface area contributed by atoms with Gasteiger partial charge < -0.3 is 5.32 Å². The minimum Gasteiger partial charge on any atom is -0.310 e. The van der Waals surface area contributed by atoms with E-state index in [1.807, 2.05) is 12.1 Å². The monoisotopic (exact) mass is 279 g/mol. The van der Waals surface area contributed by atoms with Crippen LogP contribution in [0.15, 0.2) is 24.3 Å². The maximum Gasteiger partial charge on any atom is 0.0453 e. The molecule has 1 N–H and O–H groups in total. The van der Waals surface area contributed by atoms with E-state index in [1.165, 1.54) is 5.56 Å². The maximum absolute atomic E-state index is 6.42. The van der Waals surface area contributed by atoms with E-state index in [0.29, 0.717) is 22.8 Å². The fourth-order valence-corrected chi connectivity index (χ4v) is 3.77. The third-order valence-corrected chi connectivity index (χ3v) is 5.66. The van der Waals surface area contributed by atoms with Gasteiger partial charge in [-0.3, -0.25) is 0 Å². The number of hydrogen-bond donors (Lipinski definition) is 1. The van der Waals surface area contributed by atoms with Gasteiger partial charge in [-0.1, -0.05) is 64.4 Å². The Morgan fingerprint density at radius 2 is 1.74 bits per heavy atom. The molecule has 1 fully saturated rings. The number of nitrogens with one attached hydrogen (secondary N) is 1. The van der Waals surface area contributed by atoms with Crippen molar-refractivity contribution in [2.75, 3.05) is 6.54 Å². The Morgan fingerprint density at radius 1 is 1.16 bits per heavy atom. The Balaban J connectivity index is 2.31. The van der Waals surface area contributed by atoms with E-state index >= 15 is 0 Å². The summed E-state index contributed by atoms with van der Waals surface area (Å²) in [5.41, 5.74) is 1.97. The molecule has 2 heteroatoms. The van der Waals surface area contributed by atoms with Crippen LogP contribution in [0.4, 0.5) is 0 Å². The van der Waals surface area contributed by atoms with E-state index < -0.39 is 0 Å². The van der Waals surface area contributed by atoms with Gasteiger partial charge in [0.15, 0.2) is 0 Å². The van der Waals surface area contributed by atoms with Crippen LogP contribution in [0.5, 0.6) is 0 Å². The largest absolute Gasteiger partial charge is 0.310 e. The molecule has 1 atom stereocenters. The van der Waals surface area contributed by atoms with Crippen LogP contribution < -0.4 is 5.32 Å². The summed E-state index contributed by atoms with van der Waals surface area (Å²) in [7, 11) is 0. The molecule has 0 spiro atoms. The molecule has 19 heavy (non-hydrogen) atoms. The molecular formula is C17H26ClN. The van der Waals surface area contributed by atoms with Crippen molar-refractivity contribution in [3.63, 3.8) is 0 Å². The van der Waals surface area contributed by atoms with E-state index in [4.69, 9.17) is 11.6 Å². The lowest BCUT2D eigenvalue weighted by Crippen LogP contribution is -2.26. The Kier molecular flexibility index (Phi) is 3.99. The fourth-order valence-electron chi connectivity index (χ4n) is 3.52. The summed E-state index contributed by atoms with van der Waals surface area (Å²) in [4.78, 5) is 0. The molecule has 0 aliphatic heterocycles. The summed E-state index contributed by atoms with van der Waals surface area (Å²) in [5, 5.41) is 4.60. The number of hydrogen-bond acceptors (Lipinski definition) is 1. The highest BCUT2D eigenvalue weighted by atomic mass is 35.5. The van der Waals surface area contributed by atoms with Crippen LogP contribution in [0, 0.1) is 16.7 Å². The van der Waals surface area contributed by atoms with Crippen LogP contribution in [-0.2, 0) is 0 Å². The highest BCUT2D eigenvalue weighted by Crippen LogP contribution is 2.72. The zero-order valence-electron chi connectivity index (χ0n) is 12.8. The average Bonchev–Trinajstić information content (AvgIpc) is 2.74. The zero-order chi connectivity index (χ0) is 14.3. The van der Waals surface area contributed by atoms with Crippen molar-refractivity contribution in [2.45, 2.75) is 47.1 Å². The standard InChI is InChI=1S/C17H26ClN/c1-6-11-19-14(12-9-7-8-10-13(12)18)15-16(2,3)17(15,4)5/h7-10,14-15,19H,6,11H2,1-5H3. The van der Waals surface area contributed by atoms with Crippen molar-refractivity contribution in [1.29, 1.82) is 0 Å². The highest BCUT2D eigenvalue weighted by molar-refractivity contribution is 6.31. The molecule has 1 aromatic carbocycles. The molecule has 1 aliphatic carbocycles. The SMILES string of the molecule is CCCNC(c1ccccc1Cl)C1C(C)(C)C1(C)C. The van der Waals surface area contributed by atoms with Crippen molar-refractivity contribution >= 4 is 11.6 Å². The molecule has 0 aromatic heterocycles. The van der Waals surface area contributed by atoms with Crippen LogP contribution in [-0.4, -0.2) is 6.54 Å². The summed E-state index contributed by atoms with van der Waals surface area (Å²) >= 11 is 6.42. The van der Waals surface area contributed by atoms with Crippen molar-refractivity contribution in [3.8, 4) is 0 Å². The van der Waals surface area contributed by atoms with Gasteiger partial charge in [-0.15, -0.1) is 0 Å². The molecule has 0 amide bonds. The first-order chi connectivity index (χ1) is 8.84. The van der Waals surface area contributed by atoms with Gasteiger partial charge in [0.1, 0.15) is 0 Å². The van der Waals surface area contributed by atoms with Gasteiger partial charge in [0.25, 0.3) is 0 Å². The minimum atomic E-state index is 0.359. The van der Waals surface area contributed by atoms with Gasteiger partial charge in [0.05, 0.1) is 0 Å². The van der Waals surface area contributed by atoms with E-state index in [0.717, 1.165) is 18.0 Å². The van der Waals surface area contributed by atoms with Gasteiger partial charge >= 0.3 is 0 Å². The predicted octanol–water partition coefficient (Wildman–Crippen LogP) is 5.06. The van der Waals surface area contributed by atoms with Gasteiger partial charge in [-0.05, 0) is 41.3 Å². The van der Waals surface area contributed by atoms with Crippen LogP contribution in [0.25, 0.3) is 0 Å². The highest BCUT2D eigenvalue weighted by Gasteiger charge is 2.67. The summed E-state index contributed by atoms with van der Waals surface area (Å²) in [5.74, 6) is 0.631. The fraction of sp³-hybridized carbons (Fsp3) is 0.647. The molecular weight excluding hydrogens is 254 g/mol. The summed E-state index contributed by atoms with van der Waals surface area (Å²) in [6.45, 7) is 12.7. The smallest absolute Gasteiger partial charge is 0.0453 e. The Labute approximate surface area is 122 Å². The second-order valence-corrected chi connectivity index (χ2v) is 7.28. The molecule has 1 saturated carbocycles. The lowest BCUT2D eigenvalue weighted by atomic mass is 9.96. The van der Waals surface area contributed by atoms with E-state index in [9.17, 15) is 0 Å². The lowest BCUT2D eigenvalue weighted by Gasteiger charge is -2.22. The van der Waals surface area contributed by atoms with Gasteiger partial charge in [-0.2, -0.15) is 0 Å². The number of benzene rings is 1. The molecule has 0 heterocycles. The molecule has 106 valence electrons. The van der Waals surface area contributed by atoms with Crippen LogP contribution in [0.1, 0.15) is 52.6 Å². The van der Waals surface area contributed by atoms with Crippen LogP contribution >= 0.6 is 11.6 Å². The number of rotatable bonds is 5. The topological polar surface area (TPSA) is 12.0 Å². The second-order valence-electron chi connectivity index (χ2n) is 6.87. The Morgan fingerprint density at radius 3 is 2.21 bits per heavy atom. The van der Waals surface area contributed by atoms with Crippen LogP contribution in [0.3, 0.4) is 0 Å².